The highest BCUT2D eigenvalue weighted by molar-refractivity contribution is 7.86. The lowest BCUT2D eigenvalue weighted by molar-refractivity contribution is -0.130. The number of aliphatic hydroxyl groups excluding tert-OH is 2. The molecule has 31 heteroatoms. The van der Waals surface area contributed by atoms with Gasteiger partial charge in [-0.1, -0.05) is 0 Å². The van der Waals surface area contributed by atoms with Gasteiger partial charge < -0.3 is 39.6 Å². The van der Waals surface area contributed by atoms with Gasteiger partial charge in [0.1, 0.15) is 68.8 Å². The number of phenolic OH excluding ortho intramolecular Hbond substituents is 1. The van der Waals surface area contributed by atoms with Crippen molar-refractivity contribution >= 4 is 104 Å². The van der Waals surface area contributed by atoms with E-state index in [0.717, 1.165) is 42.5 Å². The molecule has 0 bridgehead atoms. The number of aliphatic hydroxyl groups is 2. The minimum atomic E-state index is -5.20. The standard InChI is InChI=1S/C44H36N10O18S3/c1-70-25-8-12-29(35(18-25)74(64,65)66)48-49-31-20-34(72-17-15-56)32(21-33(31)71-16-14-55)50-51-38-36(75(67,68)69)19-28-27(41(38)57)11-13-30-37(28)46-42(45-30)22-2-4-23(5-3-22)47-52-39-40(44(59)60)53-54(43(39)58)24-6-9-26(10-7-24)73(61,62)63/h2-13,18-21,39,55-57H,14-17H2,1H3,(H,45,46)(H,59,60)(H,61,62,63)(H,64,65,66)(H,67,68,69). The van der Waals surface area contributed by atoms with E-state index in [1.807, 2.05) is 0 Å². The molecule has 1 unspecified atom stereocenters. The van der Waals surface area contributed by atoms with Gasteiger partial charge in [-0.2, -0.15) is 45.6 Å². The Bertz CT molecular complexity index is 3910. The lowest BCUT2D eigenvalue weighted by atomic mass is 10.1. The Morgan fingerprint density at radius 3 is 1.89 bits per heavy atom. The van der Waals surface area contributed by atoms with Gasteiger partial charge in [-0.3, -0.25) is 18.5 Å². The molecule has 388 valence electrons. The predicted octanol–water partition coefficient (Wildman–Crippen LogP) is 6.35. The third-order valence-corrected chi connectivity index (χ3v) is 13.2. The van der Waals surface area contributed by atoms with Gasteiger partial charge in [0.25, 0.3) is 36.3 Å². The van der Waals surface area contributed by atoms with Gasteiger partial charge in [0.15, 0.2) is 11.5 Å². The summed E-state index contributed by atoms with van der Waals surface area (Å²) in [6.07, 6.45) is 0. The third kappa shape index (κ3) is 11.3. The van der Waals surface area contributed by atoms with Gasteiger partial charge in [-0.25, -0.2) is 9.78 Å². The number of H-pyrrole nitrogens is 1. The second-order valence-electron chi connectivity index (χ2n) is 15.4. The number of carboxylic acids is 1. The number of carbonyl (C=O) groups excluding carboxylic acids is 1. The highest BCUT2D eigenvalue weighted by Gasteiger charge is 2.41. The second-order valence-corrected chi connectivity index (χ2v) is 19.6. The molecule has 0 saturated heterocycles. The number of nitrogens with one attached hydrogen (secondary N) is 1. The Labute approximate surface area is 421 Å². The van der Waals surface area contributed by atoms with Crippen molar-refractivity contribution in [2.45, 2.75) is 20.7 Å². The van der Waals surface area contributed by atoms with Crippen LogP contribution in [-0.4, -0.2) is 126 Å². The number of azo groups is 3. The van der Waals surface area contributed by atoms with Gasteiger partial charge >= 0.3 is 5.97 Å². The van der Waals surface area contributed by atoms with E-state index >= 15 is 0 Å². The zero-order valence-corrected chi connectivity index (χ0v) is 40.5. The highest BCUT2D eigenvalue weighted by atomic mass is 32.2. The first-order chi connectivity index (χ1) is 35.6. The molecule has 2 heterocycles. The summed E-state index contributed by atoms with van der Waals surface area (Å²) in [5, 5.41) is 69.0. The van der Waals surface area contributed by atoms with Gasteiger partial charge in [0.2, 0.25) is 6.04 Å². The number of benzene rings is 6. The van der Waals surface area contributed by atoms with Crippen LogP contribution in [0.2, 0.25) is 0 Å². The fourth-order valence-corrected chi connectivity index (χ4v) is 8.91. The minimum Gasteiger partial charge on any atom is -0.505 e. The molecule has 0 spiro atoms. The van der Waals surface area contributed by atoms with Crippen LogP contribution in [0.25, 0.3) is 33.2 Å². The number of methoxy groups -OCH3 is 1. The van der Waals surface area contributed by atoms with Gasteiger partial charge in [-0.15, -0.1) is 20.5 Å². The molecule has 0 saturated carbocycles. The predicted molar refractivity (Wildman–Crippen MR) is 260 cm³/mol. The van der Waals surface area contributed by atoms with Crippen molar-refractivity contribution in [2.75, 3.05) is 38.5 Å². The van der Waals surface area contributed by atoms with Crippen molar-refractivity contribution in [3.63, 3.8) is 0 Å². The summed E-state index contributed by atoms with van der Waals surface area (Å²) >= 11 is 0. The molecule has 1 aliphatic heterocycles. The Morgan fingerprint density at radius 2 is 1.32 bits per heavy atom. The van der Waals surface area contributed by atoms with E-state index in [1.165, 1.54) is 61.7 Å². The first-order valence-electron chi connectivity index (χ1n) is 21.1. The van der Waals surface area contributed by atoms with Crippen LogP contribution in [0, 0.1) is 0 Å². The molecular weight excluding hydrogens is 1050 g/mol. The van der Waals surface area contributed by atoms with E-state index in [9.17, 15) is 68.9 Å². The molecule has 0 aliphatic carbocycles. The number of carboxylic acid groups (broad SMARTS) is 1. The topological polar surface area (TPSA) is 424 Å². The maximum Gasteiger partial charge on any atom is 0.355 e. The first-order valence-corrected chi connectivity index (χ1v) is 25.5. The van der Waals surface area contributed by atoms with Crippen LogP contribution in [0.15, 0.2) is 148 Å². The molecular formula is C44H36N10O18S3. The number of rotatable bonds is 19. The lowest BCUT2D eigenvalue weighted by Gasteiger charge is -2.13. The number of fused-ring (bicyclic) bond motifs is 3. The Kier molecular flexibility index (Phi) is 14.8. The van der Waals surface area contributed by atoms with E-state index in [2.05, 4.69) is 45.8 Å². The fourth-order valence-electron chi connectivity index (χ4n) is 7.15. The van der Waals surface area contributed by atoms with E-state index < -0.39 is 93.3 Å². The molecule has 28 nitrogen and oxygen atoms in total. The van der Waals surface area contributed by atoms with Crippen molar-refractivity contribution in [1.82, 2.24) is 9.97 Å². The molecule has 1 amide bonds. The van der Waals surface area contributed by atoms with E-state index in [1.54, 1.807) is 0 Å². The van der Waals surface area contributed by atoms with E-state index in [0.29, 0.717) is 16.1 Å². The maximum atomic E-state index is 13.2. The first kappa shape index (κ1) is 52.6. The van der Waals surface area contributed by atoms with Crippen LogP contribution in [-0.2, 0) is 39.9 Å². The molecule has 6 aromatic carbocycles. The molecule has 0 fully saturated rings. The van der Waals surface area contributed by atoms with Gasteiger partial charge in [-0.05, 0) is 78.9 Å². The Hall–Kier alpha value is -8.69. The molecule has 8 N–H and O–H groups in total. The van der Waals surface area contributed by atoms with Crippen LogP contribution < -0.4 is 19.2 Å². The number of amides is 1. The number of aliphatic carboxylic acids is 1. The number of hydrogen-bond acceptors (Lipinski definition) is 22. The summed E-state index contributed by atoms with van der Waals surface area (Å²) in [5.41, 5.74) is -1.09. The zero-order valence-electron chi connectivity index (χ0n) is 38.0. The van der Waals surface area contributed by atoms with Crippen molar-refractivity contribution in [3.05, 3.63) is 97.1 Å². The highest BCUT2D eigenvalue weighted by Crippen LogP contribution is 2.46. The molecule has 1 atom stereocenters. The van der Waals surface area contributed by atoms with Crippen LogP contribution in [0.1, 0.15) is 0 Å². The molecule has 75 heavy (non-hydrogen) atoms. The number of phenols is 1. The van der Waals surface area contributed by atoms with Crippen molar-refractivity contribution in [3.8, 4) is 34.4 Å². The number of carbonyl (C=O) groups is 2. The molecule has 8 rings (SSSR count). The maximum absolute atomic E-state index is 13.2. The largest absolute Gasteiger partial charge is 0.505 e. The average molecular weight is 1090 g/mol. The molecule has 1 aromatic heterocycles. The Morgan fingerprint density at radius 1 is 0.707 bits per heavy atom. The summed E-state index contributed by atoms with van der Waals surface area (Å²) in [6.45, 7) is -1.68. The normalized spacial score (nSPS) is 14.5. The summed E-state index contributed by atoms with van der Waals surface area (Å²) in [4.78, 5) is 30.9. The Balaban J connectivity index is 1.10. The van der Waals surface area contributed by atoms with Crippen molar-refractivity contribution in [2.24, 2.45) is 35.8 Å². The van der Waals surface area contributed by atoms with Gasteiger partial charge in [0.05, 0.1) is 47.6 Å². The number of nitrogens with zero attached hydrogens (tertiary/aromatic N) is 9. The number of aromatic nitrogens is 2. The molecule has 1 aliphatic rings. The van der Waals surface area contributed by atoms with Crippen LogP contribution in [0.4, 0.5) is 34.1 Å². The number of aromatic hydroxyl groups is 1. The van der Waals surface area contributed by atoms with Gasteiger partial charge in [0, 0.05) is 34.5 Å². The summed E-state index contributed by atoms with van der Waals surface area (Å²) in [5.74, 6) is -3.32. The molecule has 7 aromatic rings. The zero-order chi connectivity index (χ0) is 54.0. The number of hydrogen-bond donors (Lipinski definition) is 8. The smallest absolute Gasteiger partial charge is 0.355 e. The summed E-state index contributed by atoms with van der Waals surface area (Å²) in [6, 6.07) is 18.4. The number of imidazole rings is 1. The average Bonchev–Trinajstić information content (AvgIpc) is 3.98. The summed E-state index contributed by atoms with van der Waals surface area (Å²) < 4.78 is 119. The van der Waals surface area contributed by atoms with E-state index in [4.69, 9.17) is 14.2 Å². The molecule has 0 radical (unpaired) electrons. The van der Waals surface area contributed by atoms with E-state index in [-0.39, 0.29) is 81.0 Å². The van der Waals surface area contributed by atoms with Crippen LogP contribution in [0.5, 0.6) is 23.0 Å². The monoisotopic (exact) mass is 1090 g/mol. The summed E-state index contributed by atoms with van der Waals surface area (Å²) in [7, 11) is -13.3. The van der Waals surface area contributed by atoms with Crippen molar-refractivity contribution in [1.29, 1.82) is 0 Å². The van der Waals surface area contributed by atoms with Crippen LogP contribution in [0.3, 0.4) is 0 Å². The second kappa shape index (κ2) is 21.0. The number of ether oxygens (including phenoxy) is 3. The quantitative estimate of drug-likeness (QED) is 0.0323. The SMILES string of the molecule is COc1ccc(N=Nc2cc(OCCO)c(N=Nc3c(S(=O)(=O)O)cc4c(ccc5[nH]c(-c6ccc(N=NC7C(=O)N(c8ccc(S(=O)(=O)O)cc8)N=C7C(=O)O)cc6)nc54)c3O)cc2OCCO)c(S(=O)(=O)O)c1. The number of anilines is 1. The minimum absolute atomic E-state index is 0.000602. The third-order valence-electron chi connectivity index (χ3n) is 10.6. The fraction of sp³-hybridized carbons (Fsp3) is 0.136. The van der Waals surface area contributed by atoms with Crippen LogP contribution >= 0.6 is 0 Å². The lowest BCUT2D eigenvalue weighted by Crippen LogP contribution is -2.33. The van der Waals surface area contributed by atoms with Crippen molar-refractivity contribution < 1.29 is 83.1 Å². The number of hydrazone groups is 1. The number of aromatic amines is 1.